The quantitative estimate of drug-likeness (QED) is 0.869. The molecule has 0 atom stereocenters. The fourth-order valence-corrected chi connectivity index (χ4v) is 2.97. The standard InChI is InChI=1S/C14H25N3/c1-11-13(12(2)17(4)16-11)9-15-10-14(3)7-5-6-8-14/h15H,5-10H2,1-4H3. The van der Waals surface area contributed by atoms with E-state index in [1.807, 2.05) is 11.7 Å². The van der Waals surface area contributed by atoms with Crippen molar-refractivity contribution in [2.24, 2.45) is 12.5 Å². The lowest BCUT2D eigenvalue weighted by atomic mass is 9.89. The Morgan fingerprint density at radius 1 is 1.29 bits per heavy atom. The highest BCUT2D eigenvalue weighted by molar-refractivity contribution is 5.23. The third-order valence-electron chi connectivity index (χ3n) is 4.32. The van der Waals surface area contributed by atoms with Crippen LogP contribution in [0.15, 0.2) is 0 Å². The van der Waals surface area contributed by atoms with Gasteiger partial charge in [-0.1, -0.05) is 19.8 Å². The molecule has 17 heavy (non-hydrogen) atoms. The SMILES string of the molecule is Cc1nn(C)c(C)c1CNCC1(C)CCCC1. The summed E-state index contributed by atoms with van der Waals surface area (Å²) in [5.74, 6) is 0. The summed E-state index contributed by atoms with van der Waals surface area (Å²) in [5, 5.41) is 8.08. The van der Waals surface area contributed by atoms with E-state index in [-0.39, 0.29) is 0 Å². The van der Waals surface area contributed by atoms with Crippen molar-refractivity contribution in [1.29, 1.82) is 0 Å². The van der Waals surface area contributed by atoms with Gasteiger partial charge in [0.15, 0.2) is 0 Å². The molecule has 3 heteroatoms. The first-order valence-electron chi connectivity index (χ1n) is 6.72. The zero-order valence-electron chi connectivity index (χ0n) is 11.6. The van der Waals surface area contributed by atoms with E-state index in [2.05, 4.69) is 31.2 Å². The van der Waals surface area contributed by atoms with Gasteiger partial charge in [0.1, 0.15) is 0 Å². The molecule has 2 rings (SSSR count). The Kier molecular flexibility index (Phi) is 3.57. The largest absolute Gasteiger partial charge is 0.312 e. The lowest BCUT2D eigenvalue weighted by molar-refractivity contribution is 0.314. The van der Waals surface area contributed by atoms with E-state index in [0.29, 0.717) is 5.41 Å². The van der Waals surface area contributed by atoms with Crippen LogP contribution in [0.25, 0.3) is 0 Å². The summed E-state index contributed by atoms with van der Waals surface area (Å²) in [6.45, 7) is 8.76. The minimum Gasteiger partial charge on any atom is -0.312 e. The molecule has 0 spiro atoms. The number of aryl methyl sites for hydroxylation is 2. The first-order chi connectivity index (χ1) is 8.02. The van der Waals surface area contributed by atoms with Gasteiger partial charge >= 0.3 is 0 Å². The van der Waals surface area contributed by atoms with Crippen molar-refractivity contribution in [2.45, 2.75) is 53.0 Å². The van der Waals surface area contributed by atoms with Crippen LogP contribution in [-0.4, -0.2) is 16.3 Å². The van der Waals surface area contributed by atoms with Crippen LogP contribution in [0, 0.1) is 19.3 Å². The van der Waals surface area contributed by atoms with E-state index in [4.69, 9.17) is 0 Å². The molecule has 0 aromatic carbocycles. The van der Waals surface area contributed by atoms with Crippen molar-refractivity contribution in [1.82, 2.24) is 15.1 Å². The molecule has 0 saturated heterocycles. The van der Waals surface area contributed by atoms with Gasteiger partial charge in [0.2, 0.25) is 0 Å². The van der Waals surface area contributed by atoms with E-state index < -0.39 is 0 Å². The molecule has 3 nitrogen and oxygen atoms in total. The van der Waals surface area contributed by atoms with Crippen LogP contribution in [0.3, 0.4) is 0 Å². The smallest absolute Gasteiger partial charge is 0.0641 e. The van der Waals surface area contributed by atoms with Gasteiger partial charge in [-0.15, -0.1) is 0 Å². The fourth-order valence-electron chi connectivity index (χ4n) is 2.97. The van der Waals surface area contributed by atoms with E-state index in [0.717, 1.165) is 18.8 Å². The number of nitrogens with zero attached hydrogens (tertiary/aromatic N) is 2. The lowest BCUT2D eigenvalue weighted by Gasteiger charge is -2.23. The number of nitrogens with one attached hydrogen (secondary N) is 1. The van der Waals surface area contributed by atoms with Crippen LogP contribution in [-0.2, 0) is 13.6 Å². The molecule has 0 amide bonds. The van der Waals surface area contributed by atoms with Crippen molar-refractivity contribution < 1.29 is 0 Å². The molecular weight excluding hydrogens is 210 g/mol. The van der Waals surface area contributed by atoms with Gasteiger partial charge in [-0.25, -0.2) is 0 Å². The highest BCUT2D eigenvalue weighted by Crippen LogP contribution is 2.36. The number of hydrogen-bond donors (Lipinski definition) is 1. The Balaban J connectivity index is 1.89. The highest BCUT2D eigenvalue weighted by atomic mass is 15.3. The fraction of sp³-hybridized carbons (Fsp3) is 0.786. The lowest BCUT2D eigenvalue weighted by Crippen LogP contribution is -2.29. The Labute approximate surface area is 105 Å². The number of rotatable bonds is 4. The molecule has 96 valence electrons. The molecule has 1 fully saturated rings. The third kappa shape index (κ3) is 2.71. The van der Waals surface area contributed by atoms with Crippen LogP contribution < -0.4 is 5.32 Å². The molecule has 1 aliphatic carbocycles. The van der Waals surface area contributed by atoms with Gasteiger partial charge in [0, 0.05) is 31.4 Å². The molecule has 1 saturated carbocycles. The van der Waals surface area contributed by atoms with Crippen molar-refractivity contribution in [3.63, 3.8) is 0 Å². The third-order valence-corrected chi connectivity index (χ3v) is 4.32. The first-order valence-corrected chi connectivity index (χ1v) is 6.72. The van der Waals surface area contributed by atoms with Gasteiger partial charge < -0.3 is 5.32 Å². The van der Waals surface area contributed by atoms with Gasteiger partial charge in [-0.05, 0) is 32.1 Å². The van der Waals surface area contributed by atoms with Crippen molar-refractivity contribution in [2.75, 3.05) is 6.54 Å². The predicted molar refractivity (Wildman–Crippen MR) is 71.0 cm³/mol. The average molecular weight is 235 g/mol. The van der Waals surface area contributed by atoms with Crippen LogP contribution in [0.1, 0.15) is 49.6 Å². The molecule has 0 unspecified atom stereocenters. The maximum Gasteiger partial charge on any atom is 0.0641 e. The molecule has 0 bridgehead atoms. The first kappa shape index (κ1) is 12.6. The number of hydrogen-bond acceptors (Lipinski definition) is 2. The van der Waals surface area contributed by atoms with E-state index in [1.54, 1.807) is 0 Å². The Hall–Kier alpha value is -0.830. The summed E-state index contributed by atoms with van der Waals surface area (Å²) < 4.78 is 1.98. The monoisotopic (exact) mass is 235 g/mol. The van der Waals surface area contributed by atoms with Crippen LogP contribution in [0.2, 0.25) is 0 Å². The van der Waals surface area contributed by atoms with Crippen molar-refractivity contribution in [3.05, 3.63) is 17.0 Å². The topological polar surface area (TPSA) is 29.9 Å². The molecule has 0 aliphatic heterocycles. The molecule has 1 aromatic heterocycles. The molecule has 1 N–H and O–H groups in total. The second-order valence-electron chi connectivity index (χ2n) is 5.89. The maximum absolute atomic E-state index is 4.46. The zero-order chi connectivity index (χ0) is 12.5. The summed E-state index contributed by atoms with van der Waals surface area (Å²) >= 11 is 0. The minimum absolute atomic E-state index is 0.532. The van der Waals surface area contributed by atoms with Gasteiger partial charge in [-0.3, -0.25) is 4.68 Å². The molecule has 1 aliphatic rings. The maximum atomic E-state index is 4.46. The van der Waals surface area contributed by atoms with Crippen molar-refractivity contribution in [3.8, 4) is 0 Å². The normalized spacial score (nSPS) is 18.8. The number of aromatic nitrogens is 2. The Bertz CT molecular complexity index is 386. The minimum atomic E-state index is 0.532. The van der Waals surface area contributed by atoms with Crippen LogP contribution in [0.5, 0.6) is 0 Å². The highest BCUT2D eigenvalue weighted by Gasteiger charge is 2.28. The predicted octanol–water partition coefficient (Wildman–Crippen LogP) is 2.71. The summed E-state index contributed by atoms with van der Waals surface area (Å²) in [6, 6.07) is 0. The summed E-state index contributed by atoms with van der Waals surface area (Å²) in [7, 11) is 2.02. The Morgan fingerprint density at radius 2 is 1.94 bits per heavy atom. The van der Waals surface area contributed by atoms with E-state index in [9.17, 15) is 0 Å². The van der Waals surface area contributed by atoms with E-state index >= 15 is 0 Å². The second-order valence-corrected chi connectivity index (χ2v) is 5.89. The Morgan fingerprint density at radius 3 is 2.47 bits per heavy atom. The van der Waals surface area contributed by atoms with Gasteiger partial charge in [0.25, 0.3) is 0 Å². The molecule has 1 heterocycles. The zero-order valence-corrected chi connectivity index (χ0v) is 11.6. The summed E-state index contributed by atoms with van der Waals surface area (Å²) in [4.78, 5) is 0. The van der Waals surface area contributed by atoms with Crippen molar-refractivity contribution >= 4 is 0 Å². The molecule has 0 radical (unpaired) electrons. The van der Waals surface area contributed by atoms with E-state index in [1.165, 1.54) is 36.9 Å². The van der Waals surface area contributed by atoms with Gasteiger partial charge in [0.05, 0.1) is 5.69 Å². The molecule has 1 aromatic rings. The van der Waals surface area contributed by atoms with Crippen LogP contribution in [0.4, 0.5) is 0 Å². The second kappa shape index (κ2) is 4.81. The summed E-state index contributed by atoms with van der Waals surface area (Å²) in [5.41, 5.74) is 4.35. The van der Waals surface area contributed by atoms with Crippen LogP contribution >= 0.6 is 0 Å². The average Bonchev–Trinajstić information content (AvgIpc) is 2.79. The molecular formula is C14H25N3. The van der Waals surface area contributed by atoms with Gasteiger partial charge in [-0.2, -0.15) is 5.10 Å². The summed E-state index contributed by atoms with van der Waals surface area (Å²) in [6.07, 6.45) is 5.57.